The van der Waals surface area contributed by atoms with Gasteiger partial charge in [-0.15, -0.1) is 10.2 Å². The molecule has 2 N–H and O–H groups in total. The first kappa shape index (κ1) is 14.6. The van der Waals surface area contributed by atoms with Gasteiger partial charge in [-0.05, 0) is 49.8 Å². The summed E-state index contributed by atoms with van der Waals surface area (Å²) in [7, 11) is 0. The Morgan fingerprint density at radius 2 is 2.27 bits per heavy atom. The molecule has 0 aliphatic heterocycles. The summed E-state index contributed by atoms with van der Waals surface area (Å²) in [4.78, 5) is 3.38. The fourth-order valence-electron chi connectivity index (χ4n) is 3.04. The average Bonchev–Trinajstić information content (AvgIpc) is 2.85. The monoisotopic (exact) mass is 295 g/mol. The van der Waals surface area contributed by atoms with Gasteiger partial charge in [-0.1, -0.05) is 25.7 Å². The van der Waals surface area contributed by atoms with Crippen molar-refractivity contribution in [1.29, 1.82) is 0 Å². The molecule has 0 bridgehead atoms. The van der Waals surface area contributed by atoms with Gasteiger partial charge in [0, 0.05) is 16.7 Å². The Morgan fingerprint density at radius 1 is 1.45 bits per heavy atom. The van der Waals surface area contributed by atoms with Gasteiger partial charge in [-0.25, -0.2) is 0 Å². The third kappa shape index (κ3) is 2.56. The van der Waals surface area contributed by atoms with Gasteiger partial charge in [0.2, 0.25) is 0 Å². The van der Waals surface area contributed by atoms with Gasteiger partial charge in [0.15, 0.2) is 5.65 Å². The number of aromatic amines is 1. The summed E-state index contributed by atoms with van der Waals surface area (Å²) < 4.78 is 0. The Morgan fingerprint density at radius 3 is 3.00 bits per heavy atom. The van der Waals surface area contributed by atoms with E-state index in [-0.39, 0.29) is 5.76 Å². The molecule has 0 amide bonds. The number of aliphatic hydroxyl groups excluding tert-OH is 1. The van der Waals surface area contributed by atoms with Crippen molar-refractivity contribution in [2.75, 3.05) is 0 Å². The van der Waals surface area contributed by atoms with Crippen LogP contribution in [-0.2, 0) is 12.8 Å². The van der Waals surface area contributed by atoms with Crippen LogP contribution in [0.4, 0.5) is 0 Å². The van der Waals surface area contributed by atoms with Crippen molar-refractivity contribution < 1.29 is 5.11 Å². The number of aryl methyl sites for hydroxylation is 1. The SMILES string of the molecule is C=C(O)/C(=C\C=C/C)c1cc2c3c([nH]c2nn1)CCC(C)C3. The Kier molecular flexibility index (Phi) is 3.84. The third-order valence-corrected chi connectivity index (χ3v) is 4.23. The second kappa shape index (κ2) is 5.79. The fraction of sp³-hybridized carbons (Fsp3) is 0.333. The Bertz CT molecular complexity index is 783. The highest BCUT2D eigenvalue weighted by molar-refractivity contribution is 5.86. The summed E-state index contributed by atoms with van der Waals surface area (Å²) in [6.07, 6.45) is 8.90. The van der Waals surface area contributed by atoms with E-state index in [1.807, 2.05) is 25.1 Å². The van der Waals surface area contributed by atoms with Crippen molar-refractivity contribution >= 4 is 16.6 Å². The summed E-state index contributed by atoms with van der Waals surface area (Å²) in [6, 6.07) is 2.01. The molecule has 4 heteroatoms. The quantitative estimate of drug-likeness (QED) is 0.661. The Labute approximate surface area is 130 Å². The van der Waals surface area contributed by atoms with Gasteiger partial charge in [0.05, 0.1) is 5.69 Å². The largest absolute Gasteiger partial charge is 0.508 e. The highest BCUT2D eigenvalue weighted by Gasteiger charge is 2.21. The van der Waals surface area contributed by atoms with E-state index in [0.29, 0.717) is 17.2 Å². The number of nitrogens with one attached hydrogen (secondary N) is 1. The van der Waals surface area contributed by atoms with Crippen molar-refractivity contribution in [2.24, 2.45) is 5.92 Å². The van der Waals surface area contributed by atoms with Gasteiger partial charge in [0.1, 0.15) is 5.76 Å². The molecule has 0 aromatic carbocycles. The van der Waals surface area contributed by atoms with Gasteiger partial charge in [0.25, 0.3) is 0 Å². The standard InChI is InChI=1S/C18H21N3O/c1-4-5-6-13(12(3)22)17-10-15-14-9-11(2)7-8-16(14)19-18(15)21-20-17/h4-6,10-11,22H,3,7-9H2,1-2H3,(H,19,21)/b5-4-,13-6+. The predicted molar refractivity (Wildman–Crippen MR) is 89.6 cm³/mol. The van der Waals surface area contributed by atoms with Crippen LogP contribution < -0.4 is 0 Å². The van der Waals surface area contributed by atoms with Crippen molar-refractivity contribution in [2.45, 2.75) is 33.1 Å². The van der Waals surface area contributed by atoms with Crippen LogP contribution in [-0.4, -0.2) is 20.3 Å². The van der Waals surface area contributed by atoms with E-state index in [0.717, 1.165) is 23.9 Å². The minimum Gasteiger partial charge on any atom is -0.508 e. The number of rotatable bonds is 3. The third-order valence-electron chi connectivity index (χ3n) is 4.23. The normalized spacial score (nSPS) is 18.8. The van der Waals surface area contributed by atoms with Crippen LogP contribution in [0.25, 0.3) is 16.6 Å². The second-order valence-corrected chi connectivity index (χ2v) is 5.97. The van der Waals surface area contributed by atoms with Crippen LogP contribution in [0.2, 0.25) is 0 Å². The highest BCUT2D eigenvalue weighted by Crippen LogP contribution is 2.32. The van der Waals surface area contributed by atoms with Gasteiger partial charge < -0.3 is 10.1 Å². The van der Waals surface area contributed by atoms with Crippen LogP contribution >= 0.6 is 0 Å². The highest BCUT2D eigenvalue weighted by atomic mass is 16.3. The van der Waals surface area contributed by atoms with Crippen molar-refractivity contribution in [3.05, 3.63) is 53.6 Å². The smallest absolute Gasteiger partial charge is 0.160 e. The molecule has 2 aromatic heterocycles. The molecular formula is C18H21N3O. The number of nitrogens with zero attached hydrogens (tertiary/aromatic N) is 2. The lowest BCUT2D eigenvalue weighted by molar-refractivity contribution is 0.440. The Balaban J connectivity index is 2.13. The summed E-state index contributed by atoms with van der Waals surface area (Å²) in [5, 5.41) is 19.5. The molecule has 1 aliphatic carbocycles. The van der Waals surface area contributed by atoms with Gasteiger partial charge >= 0.3 is 0 Å². The maximum atomic E-state index is 9.82. The number of H-pyrrole nitrogens is 1. The lowest BCUT2D eigenvalue weighted by Crippen LogP contribution is -2.09. The molecular weight excluding hydrogens is 274 g/mol. The molecule has 1 unspecified atom stereocenters. The summed E-state index contributed by atoms with van der Waals surface area (Å²) >= 11 is 0. The van der Waals surface area contributed by atoms with E-state index in [4.69, 9.17) is 0 Å². The summed E-state index contributed by atoms with van der Waals surface area (Å²) in [5.41, 5.74) is 4.71. The van der Waals surface area contributed by atoms with Crippen LogP contribution in [0.3, 0.4) is 0 Å². The lowest BCUT2D eigenvalue weighted by Gasteiger charge is -2.17. The number of fused-ring (bicyclic) bond motifs is 3. The molecule has 4 nitrogen and oxygen atoms in total. The van der Waals surface area contributed by atoms with Crippen molar-refractivity contribution in [3.63, 3.8) is 0 Å². The molecule has 22 heavy (non-hydrogen) atoms. The minimum absolute atomic E-state index is 0.00419. The number of aliphatic hydroxyl groups is 1. The predicted octanol–water partition coefficient (Wildman–Crippen LogP) is 4.11. The number of allylic oxidation sites excluding steroid dienone is 4. The molecule has 0 radical (unpaired) electrons. The number of aromatic nitrogens is 3. The van der Waals surface area contributed by atoms with Crippen LogP contribution in [0.1, 0.15) is 37.2 Å². The maximum Gasteiger partial charge on any atom is 0.160 e. The first-order valence-electron chi connectivity index (χ1n) is 7.69. The molecule has 1 atom stereocenters. The average molecular weight is 295 g/mol. The number of hydrogen-bond donors (Lipinski definition) is 2. The number of hydrogen-bond acceptors (Lipinski definition) is 3. The molecule has 1 aliphatic rings. The molecule has 0 saturated carbocycles. The van der Waals surface area contributed by atoms with Crippen LogP contribution in [0, 0.1) is 5.92 Å². The zero-order chi connectivity index (χ0) is 15.7. The van der Waals surface area contributed by atoms with E-state index in [9.17, 15) is 5.11 Å². The minimum atomic E-state index is 0.00419. The molecule has 2 heterocycles. The van der Waals surface area contributed by atoms with Crippen LogP contribution in [0.15, 0.2) is 36.6 Å². The van der Waals surface area contributed by atoms with E-state index in [1.165, 1.54) is 17.7 Å². The molecule has 0 saturated heterocycles. The second-order valence-electron chi connectivity index (χ2n) is 5.97. The van der Waals surface area contributed by atoms with E-state index >= 15 is 0 Å². The molecule has 0 spiro atoms. The van der Waals surface area contributed by atoms with Crippen molar-refractivity contribution in [1.82, 2.24) is 15.2 Å². The van der Waals surface area contributed by atoms with Gasteiger partial charge in [-0.2, -0.15) is 0 Å². The van der Waals surface area contributed by atoms with Gasteiger partial charge in [-0.3, -0.25) is 0 Å². The zero-order valence-electron chi connectivity index (χ0n) is 13.1. The molecule has 2 aromatic rings. The zero-order valence-corrected chi connectivity index (χ0v) is 13.1. The topological polar surface area (TPSA) is 61.8 Å². The van der Waals surface area contributed by atoms with Crippen LogP contribution in [0.5, 0.6) is 0 Å². The maximum absolute atomic E-state index is 9.82. The first-order valence-corrected chi connectivity index (χ1v) is 7.69. The van der Waals surface area contributed by atoms with Crippen molar-refractivity contribution in [3.8, 4) is 0 Å². The summed E-state index contributed by atoms with van der Waals surface area (Å²) in [5.74, 6) is 0.693. The Hall–Kier alpha value is -2.36. The van der Waals surface area contributed by atoms with E-state index in [2.05, 4.69) is 28.7 Å². The summed E-state index contributed by atoms with van der Waals surface area (Å²) in [6.45, 7) is 7.84. The van der Waals surface area contributed by atoms with E-state index < -0.39 is 0 Å². The lowest BCUT2D eigenvalue weighted by atomic mass is 9.88. The molecule has 114 valence electrons. The first-order chi connectivity index (χ1) is 10.6. The van der Waals surface area contributed by atoms with E-state index in [1.54, 1.807) is 6.08 Å². The fourth-order valence-corrected chi connectivity index (χ4v) is 3.04. The molecule has 3 rings (SSSR count). The molecule has 0 fully saturated rings.